The molecule has 0 bridgehead atoms. The molecule has 0 N–H and O–H groups in total. The van der Waals surface area contributed by atoms with Gasteiger partial charge in [-0.15, -0.1) is 0 Å². The first-order valence-corrected chi connectivity index (χ1v) is 12.7. The first kappa shape index (κ1) is 23.6. The van der Waals surface area contributed by atoms with Crippen LogP contribution in [0.25, 0.3) is 0 Å². The van der Waals surface area contributed by atoms with Crippen molar-refractivity contribution in [1.82, 2.24) is 0 Å². The third-order valence-electron chi connectivity index (χ3n) is 7.54. The quantitative estimate of drug-likeness (QED) is 0.278. The summed E-state index contributed by atoms with van der Waals surface area (Å²) in [4.78, 5) is 0. The van der Waals surface area contributed by atoms with Crippen molar-refractivity contribution in [3.05, 3.63) is 40.7 Å². The molecule has 30 heavy (non-hydrogen) atoms. The van der Waals surface area contributed by atoms with Gasteiger partial charge in [-0.05, 0) is 100 Å². The Morgan fingerprint density at radius 3 is 2.33 bits per heavy atom. The van der Waals surface area contributed by atoms with E-state index in [2.05, 4.69) is 26.0 Å². The molecule has 1 aromatic carbocycles. The number of aryl methyl sites for hydroxylation is 1. The minimum absolute atomic E-state index is 0.154. The second-order valence-corrected chi connectivity index (χ2v) is 9.95. The van der Waals surface area contributed by atoms with Gasteiger partial charge in [0.15, 0.2) is 0 Å². The molecule has 3 heteroatoms. The van der Waals surface area contributed by atoms with Crippen LogP contribution in [0, 0.1) is 29.5 Å². The van der Waals surface area contributed by atoms with Crippen molar-refractivity contribution in [1.29, 1.82) is 0 Å². The summed E-state index contributed by atoms with van der Waals surface area (Å²) in [5, 5.41) is 0.154. The first-order valence-electron chi connectivity index (χ1n) is 12.3. The maximum atomic E-state index is 14.7. The normalized spacial score (nSPS) is 27.5. The van der Waals surface area contributed by atoms with Gasteiger partial charge < -0.3 is 4.74 Å². The Bertz CT molecular complexity index is 670. The topological polar surface area (TPSA) is 9.23 Å². The molecule has 1 nitrogen and oxygen atoms in total. The highest BCUT2D eigenvalue weighted by molar-refractivity contribution is 6.32. The summed E-state index contributed by atoms with van der Waals surface area (Å²) in [5.74, 6) is 3.64. The van der Waals surface area contributed by atoms with Gasteiger partial charge in [-0.2, -0.15) is 0 Å². The molecule has 168 valence electrons. The number of halogens is 2. The van der Waals surface area contributed by atoms with Crippen LogP contribution >= 0.6 is 11.6 Å². The summed E-state index contributed by atoms with van der Waals surface area (Å²) < 4.78 is 20.3. The summed E-state index contributed by atoms with van der Waals surface area (Å²) in [7, 11) is 0. The SMILES string of the molecule is C/C=C/C1CCC(C2CCC(CCc3ccc(OCCCC)c(Cl)c3F)CC2)CC1. The van der Waals surface area contributed by atoms with Crippen LogP contribution in [0.5, 0.6) is 5.75 Å². The average Bonchev–Trinajstić information content (AvgIpc) is 2.77. The molecule has 0 saturated heterocycles. The Labute approximate surface area is 188 Å². The zero-order valence-electron chi connectivity index (χ0n) is 19.0. The fraction of sp³-hybridized carbons (Fsp3) is 0.704. The summed E-state index contributed by atoms with van der Waals surface area (Å²) in [5.41, 5.74) is 0.743. The Morgan fingerprint density at radius 2 is 1.70 bits per heavy atom. The van der Waals surface area contributed by atoms with Gasteiger partial charge in [-0.1, -0.05) is 56.0 Å². The van der Waals surface area contributed by atoms with E-state index in [1.165, 1.54) is 51.4 Å². The molecule has 2 aliphatic rings. The summed E-state index contributed by atoms with van der Waals surface area (Å²) in [6.07, 6.45) is 19.5. The zero-order valence-corrected chi connectivity index (χ0v) is 19.7. The Hall–Kier alpha value is -1.02. The van der Waals surface area contributed by atoms with Gasteiger partial charge in [0, 0.05) is 0 Å². The Kier molecular flexibility index (Phi) is 9.56. The first-order chi connectivity index (χ1) is 14.6. The second-order valence-electron chi connectivity index (χ2n) is 9.57. The molecule has 3 rings (SSSR count). The van der Waals surface area contributed by atoms with Gasteiger partial charge in [-0.3, -0.25) is 0 Å². The van der Waals surface area contributed by atoms with Crippen molar-refractivity contribution >= 4 is 11.6 Å². The molecular weight excluding hydrogens is 395 g/mol. The van der Waals surface area contributed by atoms with Crippen molar-refractivity contribution in [2.45, 2.75) is 90.9 Å². The average molecular weight is 435 g/mol. The van der Waals surface area contributed by atoms with Crippen LogP contribution in [0.2, 0.25) is 5.02 Å². The standard InChI is InChI=1S/C27H40ClFO/c1-3-5-19-30-25-18-17-24(27(29)26(25)28)16-11-21-9-14-23(15-10-21)22-12-7-20(6-4-2)8-13-22/h4,6,17-18,20-23H,3,5,7-16,19H2,1-2H3/b6-4+. The summed E-state index contributed by atoms with van der Waals surface area (Å²) in [6, 6.07) is 3.72. The highest BCUT2D eigenvalue weighted by atomic mass is 35.5. The molecule has 2 saturated carbocycles. The van der Waals surface area contributed by atoms with E-state index in [9.17, 15) is 4.39 Å². The molecule has 1 aromatic rings. The molecule has 0 amide bonds. The minimum Gasteiger partial charge on any atom is -0.492 e. The van der Waals surface area contributed by atoms with Crippen LogP contribution in [0.15, 0.2) is 24.3 Å². The van der Waals surface area contributed by atoms with Gasteiger partial charge >= 0.3 is 0 Å². The van der Waals surface area contributed by atoms with Crippen molar-refractivity contribution < 1.29 is 9.13 Å². The van der Waals surface area contributed by atoms with Crippen molar-refractivity contribution in [3.8, 4) is 5.75 Å². The van der Waals surface area contributed by atoms with Gasteiger partial charge in [-0.25, -0.2) is 4.39 Å². The largest absolute Gasteiger partial charge is 0.492 e. The molecule has 2 fully saturated rings. The summed E-state index contributed by atoms with van der Waals surface area (Å²) in [6.45, 7) is 4.84. The van der Waals surface area contributed by atoms with Gasteiger partial charge in [0.2, 0.25) is 0 Å². The molecule has 0 aliphatic heterocycles. The Morgan fingerprint density at radius 1 is 1.03 bits per heavy atom. The highest BCUT2D eigenvalue weighted by Crippen LogP contribution is 2.42. The molecule has 2 aliphatic carbocycles. The van der Waals surface area contributed by atoms with Gasteiger partial charge in [0.05, 0.1) is 6.61 Å². The van der Waals surface area contributed by atoms with Crippen molar-refractivity contribution in [2.75, 3.05) is 6.61 Å². The van der Waals surface area contributed by atoms with Gasteiger partial charge in [0.1, 0.15) is 16.6 Å². The number of hydrogen-bond acceptors (Lipinski definition) is 1. The van der Waals surface area contributed by atoms with Crippen LogP contribution in [-0.4, -0.2) is 6.61 Å². The number of benzene rings is 1. The molecule has 0 unspecified atom stereocenters. The predicted molar refractivity (Wildman–Crippen MR) is 126 cm³/mol. The maximum Gasteiger partial charge on any atom is 0.148 e. The number of rotatable bonds is 9. The number of ether oxygens (including phenoxy) is 1. The van der Waals surface area contributed by atoms with Crippen LogP contribution < -0.4 is 4.74 Å². The van der Waals surface area contributed by atoms with Crippen LogP contribution in [0.4, 0.5) is 4.39 Å². The predicted octanol–water partition coefficient (Wildman–Crippen LogP) is 8.78. The van der Waals surface area contributed by atoms with Crippen molar-refractivity contribution in [3.63, 3.8) is 0 Å². The lowest BCUT2D eigenvalue weighted by atomic mass is 9.68. The van der Waals surface area contributed by atoms with Crippen LogP contribution in [-0.2, 0) is 6.42 Å². The molecule has 0 atom stereocenters. The zero-order chi connectivity index (χ0) is 21.3. The van der Waals surface area contributed by atoms with E-state index in [4.69, 9.17) is 16.3 Å². The lowest BCUT2D eigenvalue weighted by Gasteiger charge is -2.37. The van der Waals surface area contributed by atoms with E-state index in [-0.39, 0.29) is 10.8 Å². The second kappa shape index (κ2) is 12.1. The minimum atomic E-state index is -0.280. The smallest absolute Gasteiger partial charge is 0.148 e. The van der Waals surface area contributed by atoms with E-state index >= 15 is 0 Å². The van der Waals surface area contributed by atoms with E-state index in [0.29, 0.717) is 12.4 Å². The van der Waals surface area contributed by atoms with E-state index < -0.39 is 0 Å². The summed E-state index contributed by atoms with van der Waals surface area (Å²) >= 11 is 6.23. The van der Waals surface area contributed by atoms with E-state index in [0.717, 1.165) is 54.9 Å². The molecular formula is C27H40ClFO. The van der Waals surface area contributed by atoms with E-state index in [1.807, 2.05) is 12.1 Å². The lowest BCUT2D eigenvalue weighted by Crippen LogP contribution is -2.25. The van der Waals surface area contributed by atoms with E-state index in [1.54, 1.807) is 0 Å². The number of allylic oxidation sites excluding steroid dienone is 2. The lowest BCUT2D eigenvalue weighted by molar-refractivity contribution is 0.152. The van der Waals surface area contributed by atoms with Gasteiger partial charge in [0.25, 0.3) is 0 Å². The van der Waals surface area contributed by atoms with Crippen molar-refractivity contribution in [2.24, 2.45) is 23.7 Å². The Balaban J connectivity index is 1.42. The van der Waals surface area contributed by atoms with Crippen LogP contribution in [0.1, 0.15) is 90.0 Å². The maximum absolute atomic E-state index is 14.7. The molecule has 0 heterocycles. The van der Waals surface area contributed by atoms with Crippen LogP contribution in [0.3, 0.4) is 0 Å². The fourth-order valence-corrected chi connectivity index (χ4v) is 5.83. The number of hydrogen-bond donors (Lipinski definition) is 0. The monoisotopic (exact) mass is 434 g/mol. The third-order valence-corrected chi connectivity index (χ3v) is 7.90. The third kappa shape index (κ3) is 6.49. The number of unbranched alkanes of at least 4 members (excludes halogenated alkanes) is 1. The fourth-order valence-electron chi connectivity index (χ4n) is 5.59. The highest BCUT2D eigenvalue weighted by Gasteiger charge is 2.30. The molecule has 0 aromatic heterocycles. The molecule has 0 radical (unpaired) electrons. The molecule has 0 spiro atoms.